The van der Waals surface area contributed by atoms with Gasteiger partial charge >= 0.3 is 6.18 Å². The zero-order valence-electron chi connectivity index (χ0n) is 15.9. The Kier molecular flexibility index (Phi) is 5.32. The normalized spacial score (nSPS) is 15.9. The fourth-order valence-electron chi connectivity index (χ4n) is 3.71. The smallest absolute Gasteiger partial charge is 0.339 e. The number of benzene rings is 2. The molecule has 0 bridgehead atoms. The predicted molar refractivity (Wildman–Crippen MR) is 105 cm³/mol. The molecule has 8 heteroatoms. The Balaban J connectivity index is 1.40. The molecular formula is C22H19F4N3O. The molecule has 3 aromatic rings. The molecule has 0 unspecified atom stereocenters. The van der Waals surface area contributed by atoms with E-state index in [2.05, 4.69) is 4.98 Å². The molecule has 1 fully saturated rings. The summed E-state index contributed by atoms with van der Waals surface area (Å²) in [6.07, 6.45) is 1.66. The van der Waals surface area contributed by atoms with Gasteiger partial charge in [-0.3, -0.25) is 4.79 Å². The van der Waals surface area contributed by atoms with Crippen LogP contribution in [0.2, 0.25) is 0 Å². The highest BCUT2D eigenvalue weighted by atomic mass is 19.4. The van der Waals surface area contributed by atoms with E-state index in [0.29, 0.717) is 37.0 Å². The maximum Gasteiger partial charge on any atom is 0.416 e. The Morgan fingerprint density at radius 1 is 1.07 bits per heavy atom. The van der Waals surface area contributed by atoms with Crippen molar-refractivity contribution in [2.75, 3.05) is 13.1 Å². The van der Waals surface area contributed by atoms with E-state index >= 15 is 0 Å². The highest BCUT2D eigenvalue weighted by Gasteiger charge is 2.31. The maximum atomic E-state index is 12.9. The van der Waals surface area contributed by atoms with Crippen LogP contribution < -0.4 is 0 Å². The van der Waals surface area contributed by atoms with Gasteiger partial charge in [0.05, 0.1) is 22.9 Å². The van der Waals surface area contributed by atoms with Crippen molar-refractivity contribution >= 4 is 23.0 Å². The maximum absolute atomic E-state index is 12.9. The third-order valence-corrected chi connectivity index (χ3v) is 5.36. The number of hydrogen-bond donors (Lipinski definition) is 0. The fourth-order valence-corrected chi connectivity index (χ4v) is 3.71. The van der Waals surface area contributed by atoms with Crippen LogP contribution in [0.1, 0.15) is 30.0 Å². The van der Waals surface area contributed by atoms with Gasteiger partial charge in [-0.15, -0.1) is 0 Å². The van der Waals surface area contributed by atoms with Crippen molar-refractivity contribution in [2.45, 2.75) is 25.1 Å². The topological polar surface area (TPSA) is 38.1 Å². The zero-order chi connectivity index (χ0) is 21.3. The average Bonchev–Trinajstić information content (AvgIpc) is 3.16. The van der Waals surface area contributed by atoms with Gasteiger partial charge in [-0.05, 0) is 54.8 Å². The molecular weight excluding hydrogens is 398 g/mol. The molecule has 0 spiro atoms. The summed E-state index contributed by atoms with van der Waals surface area (Å²) in [6.45, 7) is 1.08. The molecule has 1 saturated heterocycles. The highest BCUT2D eigenvalue weighted by Crippen LogP contribution is 2.33. The van der Waals surface area contributed by atoms with Gasteiger partial charge in [0.1, 0.15) is 5.82 Å². The summed E-state index contributed by atoms with van der Waals surface area (Å²) in [5.41, 5.74) is 0.992. The van der Waals surface area contributed by atoms with E-state index in [-0.39, 0.29) is 17.8 Å². The first-order chi connectivity index (χ1) is 14.3. The summed E-state index contributed by atoms with van der Waals surface area (Å²) in [5.74, 6) is -0.453. The molecule has 2 aromatic carbocycles. The second-order valence-electron chi connectivity index (χ2n) is 7.29. The van der Waals surface area contributed by atoms with Crippen LogP contribution in [-0.2, 0) is 11.0 Å². The van der Waals surface area contributed by atoms with E-state index in [1.165, 1.54) is 24.3 Å². The number of aromatic nitrogens is 2. The number of carbonyl (C=O) groups is 1. The minimum Gasteiger partial charge on any atom is -0.339 e. The number of fused-ring (bicyclic) bond motifs is 1. The van der Waals surface area contributed by atoms with Crippen molar-refractivity contribution in [2.24, 2.45) is 0 Å². The number of alkyl halides is 3. The van der Waals surface area contributed by atoms with Crippen molar-refractivity contribution in [3.63, 3.8) is 0 Å². The fraction of sp³-hybridized carbons (Fsp3) is 0.273. The molecule has 0 atom stereocenters. The summed E-state index contributed by atoms with van der Waals surface area (Å²) in [5, 5.41) is 0. The summed E-state index contributed by atoms with van der Waals surface area (Å²) in [4.78, 5) is 18.3. The van der Waals surface area contributed by atoms with Crippen LogP contribution >= 0.6 is 0 Å². The third-order valence-electron chi connectivity index (χ3n) is 5.36. The van der Waals surface area contributed by atoms with Crippen molar-refractivity contribution in [3.05, 3.63) is 71.8 Å². The highest BCUT2D eigenvalue weighted by molar-refractivity contribution is 5.91. The third kappa shape index (κ3) is 4.22. The van der Waals surface area contributed by atoms with Crippen LogP contribution in [0.3, 0.4) is 0 Å². The Bertz CT molecular complexity index is 1080. The molecule has 2 heterocycles. The standard InChI is InChI=1S/C22H19F4N3O/c23-17-5-1-15(2-6-17)3-8-21(30)28-11-9-18(10-12-28)29-14-27-19-13-16(22(24,25)26)4-7-20(19)29/h1-8,13-14,18H,9-12H2/b8-3+. The summed E-state index contributed by atoms with van der Waals surface area (Å²) in [6, 6.07) is 9.51. The molecule has 30 heavy (non-hydrogen) atoms. The number of hydrogen-bond acceptors (Lipinski definition) is 2. The van der Waals surface area contributed by atoms with Gasteiger partial charge in [0.15, 0.2) is 0 Å². The lowest BCUT2D eigenvalue weighted by molar-refractivity contribution is -0.137. The SMILES string of the molecule is O=C(/C=C/c1ccc(F)cc1)N1CCC(n2cnc3cc(C(F)(F)F)ccc32)CC1. The second kappa shape index (κ2) is 7.93. The van der Waals surface area contributed by atoms with E-state index in [4.69, 9.17) is 0 Å². The number of piperidine rings is 1. The first kappa shape index (κ1) is 20.1. The molecule has 156 valence electrons. The van der Waals surface area contributed by atoms with Crippen molar-refractivity contribution < 1.29 is 22.4 Å². The van der Waals surface area contributed by atoms with E-state index in [1.807, 2.05) is 4.57 Å². The average molecular weight is 417 g/mol. The number of nitrogens with zero attached hydrogens (tertiary/aromatic N) is 3. The molecule has 1 aromatic heterocycles. The molecule has 0 aliphatic carbocycles. The van der Waals surface area contributed by atoms with Gasteiger partial charge in [0, 0.05) is 25.2 Å². The largest absolute Gasteiger partial charge is 0.416 e. The van der Waals surface area contributed by atoms with Crippen LogP contribution in [0.5, 0.6) is 0 Å². The number of halogens is 4. The quantitative estimate of drug-likeness (QED) is 0.441. The number of carbonyl (C=O) groups excluding carboxylic acids is 1. The molecule has 0 N–H and O–H groups in total. The van der Waals surface area contributed by atoms with Gasteiger partial charge in [-0.2, -0.15) is 13.2 Å². The predicted octanol–water partition coefficient (Wildman–Crippen LogP) is 5.07. The lowest BCUT2D eigenvalue weighted by atomic mass is 10.0. The van der Waals surface area contributed by atoms with Gasteiger partial charge < -0.3 is 9.47 Å². The minimum atomic E-state index is -4.40. The molecule has 0 radical (unpaired) electrons. The molecule has 0 saturated carbocycles. The summed E-state index contributed by atoms with van der Waals surface area (Å²) >= 11 is 0. The number of imidazole rings is 1. The lowest BCUT2D eigenvalue weighted by Crippen LogP contribution is -2.38. The van der Waals surface area contributed by atoms with Crippen LogP contribution in [0.25, 0.3) is 17.1 Å². The van der Waals surface area contributed by atoms with Crippen LogP contribution in [0.4, 0.5) is 17.6 Å². The van der Waals surface area contributed by atoms with Crippen LogP contribution in [-0.4, -0.2) is 33.4 Å². The monoisotopic (exact) mass is 417 g/mol. The Hall–Kier alpha value is -3.16. The molecule has 1 amide bonds. The number of amides is 1. The number of rotatable bonds is 3. The molecule has 4 nitrogen and oxygen atoms in total. The van der Waals surface area contributed by atoms with Crippen molar-refractivity contribution in [1.82, 2.24) is 14.5 Å². The van der Waals surface area contributed by atoms with Gasteiger partial charge in [0.2, 0.25) is 5.91 Å². The van der Waals surface area contributed by atoms with E-state index in [9.17, 15) is 22.4 Å². The molecule has 1 aliphatic heterocycles. The second-order valence-corrected chi connectivity index (χ2v) is 7.29. The van der Waals surface area contributed by atoms with Gasteiger partial charge in [0.25, 0.3) is 0 Å². The first-order valence-electron chi connectivity index (χ1n) is 9.57. The summed E-state index contributed by atoms with van der Waals surface area (Å²) in [7, 11) is 0. The van der Waals surface area contributed by atoms with Crippen molar-refractivity contribution in [1.29, 1.82) is 0 Å². The van der Waals surface area contributed by atoms with Gasteiger partial charge in [-0.1, -0.05) is 12.1 Å². The van der Waals surface area contributed by atoms with Crippen LogP contribution in [0.15, 0.2) is 54.9 Å². The zero-order valence-corrected chi connectivity index (χ0v) is 15.9. The lowest BCUT2D eigenvalue weighted by Gasteiger charge is -2.32. The Morgan fingerprint density at radius 2 is 1.77 bits per heavy atom. The number of likely N-dealkylation sites (tertiary alicyclic amines) is 1. The Morgan fingerprint density at radius 3 is 2.43 bits per heavy atom. The first-order valence-corrected chi connectivity index (χ1v) is 9.57. The van der Waals surface area contributed by atoms with E-state index < -0.39 is 11.7 Å². The summed E-state index contributed by atoms with van der Waals surface area (Å²) < 4.78 is 53.5. The minimum absolute atomic E-state index is 0.0665. The molecule has 1 aliphatic rings. The Labute approximate surface area is 170 Å². The van der Waals surface area contributed by atoms with E-state index in [1.54, 1.807) is 29.4 Å². The van der Waals surface area contributed by atoms with Gasteiger partial charge in [-0.25, -0.2) is 9.37 Å². The van der Waals surface area contributed by atoms with Crippen LogP contribution in [0, 0.1) is 5.82 Å². The molecule has 4 rings (SSSR count). The van der Waals surface area contributed by atoms with Crippen molar-refractivity contribution in [3.8, 4) is 0 Å². The van der Waals surface area contributed by atoms with E-state index in [0.717, 1.165) is 17.7 Å².